The van der Waals surface area contributed by atoms with Crippen molar-refractivity contribution >= 4 is 0 Å². The van der Waals surface area contributed by atoms with E-state index < -0.39 is 0 Å². The van der Waals surface area contributed by atoms with E-state index in [1.54, 1.807) is 0 Å². The first-order valence-electron chi connectivity index (χ1n) is 5.45. The molecule has 0 unspecified atom stereocenters. The zero-order valence-electron chi connectivity index (χ0n) is 9.74. The Morgan fingerprint density at radius 2 is 2.06 bits per heavy atom. The SMILES string of the molecule is CN(CC#N)Cc1ccn(-c2ccccc2)n1. The summed E-state index contributed by atoms with van der Waals surface area (Å²) >= 11 is 0. The van der Waals surface area contributed by atoms with Crippen LogP contribution in [0.5, 0.6) is 0 Å². The van der Waals surface area contributed by atoms with E-state index in [2.05, 4.69) is 11.2 Å². The quantitative estimate of drug-likeness (QED) is 0.747. The minimum Gasteiger partial charge on any atom is -0.288 e. The number of nitriles is 1. The number of nitrogens with zero attached hydrogens (tertiary/aromatic N) is 4. The van der Waals surface area contributed by atoms with Gasteiger partial charge in [-0.3, -0.25) is 4.90 Å². The molecular weight excluding hydrogens is 212 g/mol. The molecule has 2 aromatic rings. The average molecular weight is 226 g/mol. The Hall–Kier alpha value is -2.12. The third-order valence-electron chi connectivity index (χ3n) is 2.44. The van der Waals surface area contributed by atoms with E-state index in [0.29, 0.717) is 13.1 Å². The molecule has 0 amide bonds. The number of aromatic nitrogens is 2. The maximum absolute atomic E-state index is 8.58. The highest BCUT2D eigenvalue weighted by Crippen LogP contribution is 2.07. The van der Waals surface area contributed by atoms with E-state index in [-0.39, 0.29) is 0 Å². The zero-order valence-corrected chi connectivity index (χ0v) is 9.74. The van der Waals surface area contributed by atoms with E-state index in [1.807, 2.05) is 59.2 Å². The van der Waals surface area contributed by atoms with Crippen molar-refractivity contribution in [2.45, 2.75) is 6.54 Å². The van der Waals surface area contributed by atoms with Gasteiger partial charge in [-0.2, -0.15) is 10.4 Å². The highest BCUT2D eigenvalue weighted by molar-refractivity contribution is 5.30. The maximum atomic E-state index is 8.58. The zero-order chi connectivity index (χ0) is 12.1. The van der Waals surface area contributed by atoms with Crippen molar-refractivity contribution < 1.29 is 0 Å². The Labute approximate surface area is 101 Å². The molecule has 0 aliphatic carbocycles. The second kappa shape index (κ2) is 5.28. The van der Waals surface area contributed by atoms with Gasteiger partial charge in [0.1, 0.15) is 0 Å². The van der Waals surface area contributed by atoms with Crippen LogP contribution >= 0.6 is 0 Å². The molecule has 0 saturated heterocycles. The maximum Gasteiger partial charge on any atom is 0.0866 e. The first kappa shape index (κ1) is 11.4. The van der Waals surface area contributed by atoms with Gasteiger partial charge in [-0.1, -0.05) is 18.2 Å². The van der Waals surface area contributed by atoms with Crippen LogP contribution in [0.15, 0.2) is 42.6 Å². The van der Waals surface area contributed by atoms with Crippen molar-refractivity contribution in [1.82, 2.24) is 14.7 Å². The first-order valence-corrected chi connectivity index (χ1v) is 5.45. The fraction of sp³-hybridized carbons (Fsp3) is 0.231. The van der Waals surface area contributed by atoms with E-state index in [9.17, 15) is 0 Å². The summed E-state index contributed by atoms with van der Waals surface area (Å²) in [5, 5.41) is 13.0. The van der Waals surface area contributed by atoms with Crippen molar-refractivity contribution in [1.29, 1.82) is 5.26 Å². The Balaban J connectivity index is 2.09. The van der Waals surface area contributed by atoms with Crippen LogP contribution in [0.1, 0.15) is 5.69 Å². The fourth-order valence-corrected chi connectivity index (χ4v) is 1.62. The van der Waals surface area contributed by atoms with Gasteiger partial charge in [0.05, 0.1) is 24.0 Å². The van der Waals surface area contributed by atoms with E-state index in [0.717, 1.165) is 11.4 Å². The van der Waals surface area contributed by atoms with Gasteiger partial charge in [0.15, 0.2) is 0 Å². The van der Waals surface area contributed by atoms with Gasteiger partial charge in [-0.15, -0.1) is 0 Å². The average Bonchev–Trinajstić information content (AvgIpc) is 2.79. The van der Waals surface area contributed by atoms with Crippen LogP contribution in [0.4, 0.5) is 0 Å². The minimum atomic E-state index is 0.415. The molecule has 4 nitrogen and oxygen atoms in total. The summed E-state index contributed by atoms with van der Waals surface area (Å²) < 4.78 is 1.84. The van der Waals surface area contributed by atoms with Gasteiger partial charge in [-0.25, -0.2) is 4.68 Å². The first-order chi connectivity index (χ1) is 8.29. The molecule has 86 valence electrons. The summed E-state index contributed by atoms with van der Waals surface area (Å²) in [7, 11) is 1.91. The molecule has 1 aromatic heterocycles. The fourth-order valence-electron chi connectivity index (χ4n) is 1.62. The van der Waals surface area contributed by atoms with E-state index >= 15 is 0 Å². The van der Waals surface area contributed by atoms with Crippen LogP contribution in [-0.2, 0) is 6.54 Å². The summed E-state index contributed by atoms with van der Waals surface area (Å²) in [6.45, 7) is 1.10. The smallest absolute Gasteiger partial charge is 0.0866 e. The van der Waals surface area contributed by atoms with Crippen LogP contribution in [0.3, 0.4) is 0 Å². The molecule has 0 aliphatic rings. The Kier molecular flexibility index (Phi) is 3.53. The lowest BCUT2D eigenvalue weighted by atomic mass is 10.3. The van der Waals surface area contributed by atoms with Gasteiger partial charge >= 0.3 is 0 Å². The number of para-hydroxylation sites is 1. The highest BCUT2D eigenvalue weighted by atomic mass is 15.3. The molecule has 0 N–H and O–H groups in total. The predicted molar refractivity (Wildman–Crippen MR) is 65.5 cm³/mol. The molecular formula is C13H14N4. The summed E-state index contributed by atoms with van der Waals surface area (Å²) in [5.41, 5.74) is 2.01. The Morgan fingerprint density at radius 3 is 2.76 bits per heavy atom. The molecule has 0 aliphatic heterocycles. The van der Waals surface area contributed by atoms with Crippen LogP contribution < -0.4 is 0 Å². The molecule has 0 radical (unpaired) electrons. The molecule has 0 saturated carbocycles. The van der Waals surface area contributed by atoms with Crippen LogP contribution in [0.25, 0.3) is 5.69 Å². The lowest BCUT2D eigenvalue weighted by molar-refractivity contribution is 0.361. The monoisotopic (exact) mass is 226 g/mol. The second-order valence-corrected chi connectivity index (χ2v) is 3.92. The van der Waals surface area contributed by atoms with Crippen molar-refractivity contribution in [3.05, 3.63) is 48.3 Å². The van der Waals surface area contributed by atoms with Crippen LogP contribution in [0.2, 0.25) is 0 Å². The van der Waals surface area contributed by atoms with Crippen molar-refractivity contribution in [2.24, 2.45) is 0 Å². The number of hydrogen-bond acceptors (Lipinski definition) is 3. The van der Waals surface area contributed by atoms with E-state index in [1.165, 1.54) is 0 Å². The van der Waals surface area contributed by atoms with E-state index in [4.69, 9.17) is 5.26 Å². The molecule has 0 fully saturated rings. The second-order valence-electron chi connectivity index (χ2n) is 3.92. The number of hydrogen-bond donors (Lipinski definition) is 0. The van der Waals surface area contributed by atoms with Crippen molar-refractivity contribution in [3.63, 3.8) is 0 Å². The summed E-state index contributed by atoms with van der Waals surface area (Å²) in [6, 6.07) is 14.1. The normalized spacial score (nSPS) is 10.4. The van der Waals surface area contributed by atoms with Crippen molar-refractivity contribution in [2.75, 3.05) is 13.6 Å². The molecule has 2 rings (SSSR count). The third kappa shape index (κ3) is 2.92. The summed E-state index contributed by atoms with van der Waals surface area (Å²) in [6.07, 6.45) is 1.94. The Morgan fingerprint density at radius 1 is 1.29 bits per heavy atom. The molecule has 1 heterocycles. The van der Waals surface area contributed by atoms with Gasteiger partial charge in [0.2, 0.25) is 0 Å². The topological polar surface area (TPSA) is 44.9 Å². The van der Waals surface area contributed by atoms with Gasteiger partial charge < -0.3 is 0 Å². The number of benzene rings is 1. The predicted octanol–water partition coefficient (Wildman–Crippen LogP) is 1.83. The standard InChI is InChI=1S/C13H14N4/c1-16(10-8-14)11-12-7-9-17(15-12)13-5-3-2-4-6-13/h2-7,9H,10-11H2,1H3. The summed E-state index contributed by atoms with van der Waals surface area (Å²) in [4.78, 5) is 1.93. The molecule has 4 heteroatoms. The van der Waals surface area contributed by atoms with Crippen LogP contribution in [0, 0.1) is 11.3 Å². The summed E-state index contributed by atoms with van der Waals surface area (Å²) in [5.74, 6) is 0. The minimum absolute atomic E-state index is 0.415. The molecule has 0 atom stereocenters. The molecule has 0 bridgehead atoms. The Bertz CT molecular complexity index is 510. The molecule has 17 heavy (non-hydrogen) atoms. The lowest BCUT2D eigenvalue weighted by Gasteiger charge is -2.09. The van der Waals surface area contributed by atoms with Crippen LogP contribution in [-0.4, -0.2) is 28.3 Å². The lowest BCUT2D eigenvalue weighted by Crippen LogP contribution is -2.18. The molecule has 1 aromatic carbocycles. The number of rotatable bonds is 4. The van der Waals surface area contributed by atoms with Gasteiger partial charge in [0, 0.05) is 12.7 Å². The van der Waals surface area contributed by atoms with Gasteiger partial charge in [0.25, 0.3) is 0 Å². The third-order valence-corrected chi connectivity index (χ3v) is 2.44. The molecule has 0 spiro atoms. The van der Waals surface area contributed by atoms with Gasteiger partial charge in [-0.05, 0) is 25.2 Å². The highest BCUT2D eigenvalue weighted by Gasteiger charge is 2.03. The van der Waals surface area contributed by atoms with Crippen molar-refractivity contribution in [3.8, 4) is 11.8 Å². The largest absolute Gasteiger partial charge is 0.288 e.